The van der Waals surface area contributed by atoms with Gasteiger partial charge in [0.15, 0.2) is 0 Å². The van der Waals surface area contributed by atoms with Gasteiger partial charge in [0.1, 0.15) is 5.76 Å². The predicted molar refractivity (Wildman–Crippen MR) is 104 cm³/mol. The van der Waals surface area contributed by atoms with Crippen molar-refractivity contribution in [2.45, 2.75) is 33.2 Å². The molecule has 1 aliphatic rings. The predicted octanol–water partition coefficient (Wildman–Crippen LogP) is 2.86. The van der Waals surface area contributed by atoms with Crippen LogP contribution in [0.2, 0.25) is 0 Å². The van der Waals surface area contributed by atoms with Gasteiger partial charge in [-0.15, -0.1) is 0 Å². The highest BCUT2D eigenvalue weighted by Crippen LogP contribution is 2.20. The lowest BCUT2D eigenvalue weighted by molar-refractivity contribution is -0.136. The zero-order valence-corrected chi connectivity index (χ0v) is 16.0. The summed E-state index contributed by atoms with van der Waals surface area (Å²) in [6, 6.07) is 9.65. The maximum atomic E-state index is 12.2. The van der Waals surface area contributed by atoms with Crippen molar-refractivity contribution < 1.29 is 14.0 Å². The van der Waals surface area contributed by atoms with Gasteiger partial charge in [-0.2, -0.15) is 0 Å². The second-order valence-electron chi connectivity index (χ2n) is 7.23. The molecule has 27 heavy (non-hydrogen) atoms. The lowest BCUT2D eigenvalue weighted by Gasteiger charge is -2.31. The van der Waals surface area contributed by atoms with Crippen LogP contribution in [0.4, 0.5) is 5.69 Å². The average molecular weight is 369 g/mol. The van der Waals surface area contributed by atoms with E-state index in [1.807, 2.05) is 44.2 Å². The van der Waals surface area contributed by atoms with Crippen molar-refractivity contribution in [3.63, 3.8) is 0 Å². The maximum Gasteiger partial charge on any atom is 0.313 e. The largest absolute Gasteiger partial charge is 0.468 e. The first-order valence-corrected chi connectivity index (χ1v) is 9.43. The molecule has 0 radical (unpaired) electrons. The van der Waals surface area contributed by atoms with Crippen molar-refractivity contribution >= 4 is 17.5 Å². The van der Waals surface area contributed by atoms with E-state index in [0.29, 0.717) is 18.2 Å². The van der Waals surface area contributed by atoms with Crippen LogP contribution in [0.1, 0.15) is 29.7 Å². The second-order valence-corrected chi connectivity index (χ2v) is 7.23. The number of rotatable bonds is 5. The summed E-state index contributed by atoms with van der Waals surface area (Å²) in [5.74, 6) is 0.193. The van der Waals surface area contributed by atoms with Crippen LogP contribution in [0.15, 0.2) is 41.0 Å². The van der Waals surface area contributed by atoms with Crippen LogP contribution in [0, 0.1) is 19.8 Å². The zero-order chi connectivity index (χ0) is 19.2. The molecule has 1 fully saturated rings. The molecule has 2 aromatic rings. The number of nitrogens with one attached hydrogen (secondary N) is 2. The number of para-hydroxylation sites is 1. The monoisotopic (exact) mass is 369 g/mol. The fraction of sp³-hybridized carbons (Fsp3) is 0.429. The molecular formula is C21H27N3O3. The topological polar surface area (TPSA) is 74.6 Å². The Kier molecular flexibility index (Phi) is 6.29. The first-order chi connectivity index (χ1) is 13.0. The van der Waals surface area contributed by atoms with Crippen molar-refractivity contribution in [3.05, 3.63) is 53.5 Å². The number of hydrogen-bond acceptors (Lipinski definition) is 4. The van der Waals surface area contributed by atoms with E-state index < -0.39 is 11.8 Å². The Hall–Kier alpha value is -2.60. The Balaban J connectivity index is 1.41. The quantitative estimate of drug-likeness (QED) is 0.795. The van der Waals surface area contributed by atoms with E-state index in [4.69, 9.17) is 4.42 Å². The lowest BCUT2D eigenvalue weighted by atomic mass is 9.96. The Morgan fingerprint density at radius 3 is 2.41 bits per heavy atom. The normalized spacial score (nSPS) is 15.5. The van der Waals surface area contributed by atoms with E-state index >= 15 is 0 Å². The highest BCUT2D eigenvalue weighted by molar-refractivity contribution is 6.39. The first-order valence-electron chi connectivity index (χ1n) is 9.43. The van der Waals surface area contributed by atoms with Gasteiger partial charge in [0.05, 0.1) is 12.8 Å². The molecule has 2 amide bonds. The fourth-order valence-corrected chi connectivity index (χ4v) is 3.47. The third kappa shape index (κ3) is 5.20. The van der Waals surface area contributed by atoms with E-state index in [1.165, 1.54) is 0 Å². The number of likely N-dealkylation sites (tertiary alicyclic amines) is 1. The van der Waals surface area contributed by atoms with Crippen LogP contribution >= 0.6 is 0 Å². The van der Waals surface area contributed by atoms with Crippen molar-refractivity contribution in [3.8, 4) is 0 Å². The number of nitrogens with zero attached hydrogens (tertiary/aromatic N) is 1. The molecule has 1 aromatic carbocycles. The number of benzene rings is 1. The molecule has 1 aromatic heterocycles. The van der Waals surface area contributed by atoms with Gasteiger partial charge < -0.3 is 15.1 Å². The van der Waals surface area contributed by atoms with Crippen LogP contribution in [0.5, 0.6) is 0 Å². The van der Waals surface area contributed by atoms with Gasteiger partial charge in [0.25, 0.3) is 0 Å². The average Bonchev–Trinajstić information content (AvgIpc) is 3.17. The summed E-state index contributed by atoms with van der Waals surface area (Å²) in [5, 5.41) is 5.51. The molecule has 6 nitrogen and oxygen atoms in total. The minimum Gasteiger partial charge on any atom is -0.468 e. The minimum atomic E-state index is -0.609. The van der Waals surface area contributed by atoms with Gasteiger partial charge in [-0.25, -0.2) is 0 Å². The molecule has 1 aliphatic heterocycles. The number of aryl methyl sites for hydroxylation is 2. The van der Waals surface area contributed by atoms with Crippen molar-refractivity contribution in [2.75, 3.05) is 25.0 Å². The number of carbonyl (C=O) groups excluding carboxylic acids is 2. The van der Waals surface area contributed by atoms with E-state index in [1.54, 1.807) is 6.26 Å². The molecule has 6 heteroatoms. The van der Waals surface area contributed by atoms with Gasteiger partial charge in [-0.05, 0) is 69.0 Å². The molecule has 0 atom stereocenters. The molecule has 144 valence electrons. The van der Waals surface area contributed by atoms with Crippen LogP contribution < -0.4 is 10.6 Å². The van der Waals surface area contributed by atoms with Crippen LogP contribution in [-0.2, 0) is 16.1 Å². The van der Waals surface area contributed by atoms with Gasteiger partial charge in [0, 0.05) is 12.2 Å². The Morgan fingerprint density at radius 1 is 1.07 bits per heavy atom. The molecule has 0 spiro atoms. The summed E-state index contributed by atoms with van der Waals surface area (Å²) in [6.45, 7) is 7.12. The SMILES string of the molecule is Cc1cccc(C)c1NC(=O)C(=O)NCC1CCN(Cc2ccco2)CC1. The van der Waals surface area contributed by atoms with Gasteiger partial charge >= 0.3 is 11.8 Å². The highest BCUT2D eigenvalue weighted by Gasteiger charge is 2.22. The van der Waals surface area contributed by atoms with Crippen LogP contribution in [0.25, 0.3) is 0 Å². The van der Waals surface area contributed by atoms with Crippen molar-refractivity contribution in [2.24, 2.45) is 5.92 Å². The summed E-state index contributed by atoms with van der Waals surface area (Å²) in [6.07, 6.45) is 3.69. The summed E-state index contributed by atoms with van der Waals surface area (Å²) in [5.41, 5.74) is 2.60. The van der Waals surface area contributed by atoms with Crippen molar-refractivity contribution in [1.82, 2.24) is 10.2 Å². The maximum absolute atomic E-state index is 12.2. The first kappa shape index (κ1) is 19.2. The standard InChI is InChI=1S/C21H27N3O3/c1-15-5-3-6-16(2)19(15)23-21(26)20(25)22-13-17-8-10-24(11-9-17)14-18-7-4-12-27-18/h3-7,12,17H,8-11,13-14H2,1-2H3,(H,22,25)(H,23,26). The molecule has 0 bridgehead atoms. The number of hydrogen-bond donors (Lipinski definition) is 2. The van der Waals surface area contributed by atoms with E-state index in [-0.39, 0.29) is 0 Å². The highest BCUT2D eigenvalue weighted by atomic mass is 16.3. The minimum absolute atomic E-state index is 0.398. The zero-order valence-electron chi connectivity index (χ0n) is 16.0. The van der Waals surface area contributed by atoms with Gasteiger partial charge in [-0.3, -0.25) is 14.5 Å². The third-order valence-electron chi connectivity index (χ3n) is 5.14. The summed E-state index contributed by atoms with van der Waals surface area (Å²) < 4.78 is 5.39. The number of amides is 2. The number of anilines is 1. The number of piperidine rings is 1. The van der Waals surface area contributed by atoms with Gasteiger partial charge in [0.2, 0.25) is 0 Å². The van der Waals surface area contributed by atoms with Crippen LogP contribution in [-0.4, -0.2) is 36.3 Å². The molecule has 0 unspecified atom stereocenters. The summed E-state index contributed by atoms with van der Waals surface area (Å²) >= 11 is 0. The molecular weight excluding hydrogens is 342 g/mol. The Labute approximate surface area is 159 Å². The van der Waals surface area contributed by atoms with E-state index in [0.717, 1.165) is 49.4 Å². The molecule has 2 N–H and O–H groups in total. The Morgan fingerprint density at radius 2 is 1.78 bits per heavy atom. The van der Waals surface area contributed by atoms with E-state index in [2.05, 4.69) is 15.5 Å². The lowest BCUT2D eigenvalue weighted by Crippen LogP contribution is -2.41. The Bertz CT molecular complexity index is 758. The second kappa shape index (κ2) is 8.86. The smallest absolute Gasteiger partial charge is 0.313 e. The fourth-order valence-electron chi connectivity index (χ4n) is 3.47. The third-order valence-corrected chi connectivity index (χ3v) is 5.14. The molecule has 2 heterocycles. The summed E-state index contributed by atoms with van der Waals surface area (Å²) in [7, 11) is 0. The molecule has 1 saturated heterocycles. The number of carbonyl (C=O) groups is 2. The molecule has 3 rings (SSSR count). The molecule has 0 saturated carbocycles. The number of furan rings is 1. The van der Waals surface area contributed by atoms with Gasteiger partial charge in [-0.1, -0.05) is 18.2 Å². The van der Waals surface area contributed by atoms with Crippen molar-refractivity contribution in [1.29, 1.82) is 0 Å². The summed E-state index contributed by atoms with van der Waals surface area (Å²) in [4.78, 5) is 26.7. The van der Waals surface area contributed by atoms with Crippen LogP contribution in [0.3, 0.4) is 0 Å². The van der Waals surface area contributed by atoms with E-state index in [9.17, 15) is 9.59 Å². The molecule has 0 aliphatic carbocycles.